The summed E-state index contributed by atoms with van der Waals surface area (Å²) in [5.41, 5.74) is 3.45. The second kappa shape index (κ2) is 7.55. The van der Waals surface area contributed by atoms with Crippen molar-refractivity contribution in [3.63, 3.8) is 0 Å². The fraction of sp³-hybridized carbons (Fsp3) is 0.150. The molecule has 2 aromatic carbocycles. The first-order chi connectivity index (χ1) is 13.1. The van der Waals surface area contributed by atoms with Crippen molar-refractivity contribution in [2.45, 2.75) is 13.0 Å². The number of benzene rings is 2. The average Bonchev–Trinajstić information content (AvgIpc) is 2.71. The highest BCUT2D eigenvalue weighted by Crippen LogP contribution is 2.30. The van der Waals surface area contributed by atoms with Gasteiger partial charge in [0, 0.05) is 25.5 Å². The third-order valence-electron chi connectivity index (χ3n) is 4.51. The number of nitrogens with zero attached hydrogens (tertiary/aromatic N) is 3. The maximum absolute atomic E-state index is 12.4. The Hall–Kier alpha value is -2.63. The molecule has 3 aromatic rings. The number of nitrogens with one attached hydrogen (secondary N) is 1. The van der Waals surface area contributed by atoms with E-state index in [-0.39, 0.29) is 5.91 Å². The summed E-state index contributed by atoms with van der Waals surface area (Å²) >= 11 is 12.1. The number of hydrogen-bond acceptors (Lipinski definition) is 4. The summed E-state index contributed by atoms with van der Waals surface area (Å²) in [5.74, 6) is 0.275. The van der Waals surface area contributed by atoms with E-state index in [1.165, 1.54) is 23.5 Å². The van der Waals surface area contributed by atoms with Crippen LogP contribution >= 0.6 is 23.2 Å². The Morgan fingerprint density at radius 1 is 1.00 bits per heavy atom. The van der Waals surface area contributed by atoms with E-state index in [2.05, 4.69) is 38.4 Å². The van der Waals surface area contributed by atoms with Gasteiger partial charge in [-0.25, -0.2) is 9.97 Å². The van der Waals surface area contributed by atoms with Gasteiger partial charge in [0.25, 0.3) is 5.91 Å². The lowest BCUT2D eigenvalue weighted by Crippen LogP contribution is -2.31. The van der Waals surface area contributed by atoms with Crippen LogP contribution in [0.4, 0.5) is 11.6 Å². The smallest absolute Gasteiger partial charge is 0.258 e. The largest absolute Gasteiger partial charge is 0.336 e. The highest BCUT2D eigenvalue weighted by atomic mass is 35.5. The minimum Gasteiger partial charge on any atom is -0.336 e. The summed E-state index contributed by atoms with van der Waals surface area (Å²) in [6, 6.07) is 13.4. The molecule has 0 saturated carbocycles. The summed E-state index contributed by atoms with van der Waals surface area (Å²) in [6.07, 6.45) is 4.00. The van der Waals surface area contributed by atoms with Crippen molar-refractivity contribution in [1.82, 2.24) is 9.97 Å². The van der Waals surface area contributed by atoms with Crippen LogP contribution in [-0.4, -0.2) is 22.4 Å². The van der Waals surface area contributed by atoms with Crippen LogP contribution in [0.15, 0.2) is 54.9 Å². The van der Waals surface area contributed by atoms with Gasteiger partial charge in [0.1, 0.15) is 0 Å². The van der Waals surface area contributed by atoms with Gasteiger partial charge in [0.2, 0.25) is 5.95 Å². The predicted octanol–water partition coefficient (Wildman–Crippen LogP) is 4.60. The first-order valence-corrected chi connectivity index (χ1v) is 9.26. The van der Waals surface area contributed by atoms with E-state index in [4.69, 9.17) is 23.2 Å². The van der Waals surface area contributed by atoms with Gasteiger partial charge in [-0.15, -0.1) is 0 Å². The number of carbonyl (C=O) groups excluding carboxylic acids is 1. The normalized spacial score (nSPS) is 13.2. The van der Waals surface area contributed by atoms with Crippen LogP contribution in [0.2, 0.25) is 10.0 Å². The molecule has 0 radical (unpaired) electrons. The van der Waals surface area contributed by atoms with Gasteiger partial charge in [-0.05, 0) is 29.7 Å². The highest BCUT2D eigenvalue weighted by molar-refractivity contribution is 6.44. The van der Waals surface area contributed by atoms with Crippen LogP contribution in [0.1, 0.15) is 21.5 Å². The van der Waals surface area contributed by atoms with E-state index in [0.29, 0.717) is 27.2 Å². The van der Waals surface area contributed by atoms with E-state index in [0.717, 1.165) is 19.5 Å². The molecule has 1 aliphatic rings. The fourth-order valence-electron chi connectivity index (χ4n) is 3.06. The lowest BCUT2D eigenvalue weighted by atomic mass is 10.0. The molecule has 27 heavy (non-hydrogen) atoms. The molecule has 0 spiro atoms. The van der Waals surface area contributed by atoms with E-state index in [9.17, 15) is 4.79 Å². The number of amides is 1. The molecule has 0 saturated heterocycles. The highest BCUT2D eigenvalue weighted by Gasteiger charge is 2.18. The first-order valence-electron chi connectivity index (χ1n) is 8.51. The summed E-state index contributed by atoms with van der Waals surface area (Å²) in [5, 5.41) is 3.41. The Bertz CT molecular complexity index is 992. The zero-order valence-corrected chi connectivity index (χ0v) is 15.8. The number of fused-ring (bicyclic) bond motifs is 1. The van der Waals surface area contributed by atoms with Gasteiger partial charge in [0.05, 0.1) is 21.3 Å². The predicted molar refractivity (Wildman–Crippen MR) is 108 cm³/mol. The molecule has 0 unspecified atom stereocenters. The third kappa shape index (κ3) is 3.75. The molecule has 0 fully saturated rings. The minimum atomic E-state index is -0.338. The standard InChI is InChI=1S/C20H16Cl2N4O/c21-16-6-3-7-17(18(16)22)25-19(27)15-10-23-20(24-11-15)26-9-8-13-4-1-2-5-14(13)12-26/h1-7,10-11H,8-9,12H2,(H,25,27). The van der Waals surface area contributed by atoms with Crippen molar-refractivity contribution < 1.29 is 4.79 Å². The summed E-state index contributed by atoms with van der Waals surface area (Å²) < 4.78 is 0. The van der Waals surface area contributed by atoms with Crippen molar-refractivity contribution in [2.75, 3.05) is 16.8 Å². The molecule has 7 heteroatoms. The quantitative estimate of drug-likeness (QED) is 0.700. The first kappa shape index (κ1) is 17.8. The third-order valence-corrected chi connectivity index (χ3v) is 5.33. The number of aromatic nitrogens is 2. The molecule has 1 amide bonds. The van der Waals surface area contributed by atoms with Crippen LogP contribution in [-0.2, 0) is 13.0 Å². The summed E-state index contributed by atoms with van der Waals surface area (Å²) in [7, 11) is 0. The molecule has 136 valence electrons. The molecular weight excluding hydrogens is 383 g/mol. The van der Waals surface area contributed by atoms with Gasteiger partial charge >= 0.3 is 0 Å². The van der Waals surface area contributed by atoms with Crippen LogP contribution in [0.5, 0.6) is 0 Å². The zero-order valence-electron chi connectivity index (χ0n) is 14.3. The van der Waals surface area contributed by atoms with E-state index < -0.39 is 0 Å². The number of anilines is 2. The van der Waals surface area contributed by atoms with E-state index in [1.807, 2.05) is 6.07 Å². The van der Waals surface area contributed by atoms with Crippen molar-refractivity contribution in [3.8, 4) is 0 Å². The number of halogens is 2. The van der Waals surface area contributed by atoms with Gasteiger partial charge in [-0.1, -0.05) is 53.5 Å². The Morgan fingerprint density at radius 2 is 1.74 bits per heavy atom. The van der Waals surface area contributed by atoms with Crippen molar-refractivity contribution >= 4 is 40.7 Å². The second-order valence-corrected chi connectivity index (χ2v) is 7.05. The maximum atomic E-state index is 12.4. The lowest BCUT2D eigenvalue weighted by Gasteiger charge is -2.28. The Morgan fingerprint density at radius 3 is 2.52 bits per heavy atom. The second-order valence-electron chi connectivity index (χ2n) is 6.27. The molecule has 5 nitrogen and oxygen atoms in total. The van der Waals surface area contributed by atoms with Crippen molar-refractivity contribution in [2.24, 2.45) is 0 Å². The van der Waals surface area contributed by atoms with Crippen LogP contribution in [0.25, 0.3) is 0 Å². The van der Waals surface area contributed by atoms with E-state index in [1.54, 1.807) is 18.2 Å². The molecule has 1 N–H and O–H groups in total. The van der Waals surface area contributed by atoms with Gasteiger partial charge < -0.3 is 10.2 Å². The zero-order chi connectivity index (χ0) is 18.8. The Balaban J connectivity index is 1.48. The average molecular weight is 399 g/mol. The number of hydrogen-bond donors (Lipinski definition) is 1. The molecule has 0 atom stereocenters. The van der Waals surface area contributed by atoms with Gasteiger partial charge in [-0.2, -0.15) is 0 Å². The van der Waals surface area contributed by atoms with Gasteiger partial charge in [-0.3, -0.25) is 4.79 Å². The van der Waals surface area contributed by atoms with Crippen LogP contribution < -0.4 is 10.2 Å². The molecule has 4 rings (SSSR count). The number of rotatable bonds is 3. The molecule has 0 aliphatic carbocycles. The lowest BCUT2D eigenvalue weighted by molar-refractivity contribution is 0.102. The Labute approximate surface area is 167 Å². The molecule has 0 bridgehead atoms. The van der Waals surface area contributed by atoms with Gasteiger partial charge in [0.15, 0.2) is 0 Å². The maximum Gasteiger partial charge on any atom is 0.258 e. The Kier molecular flexibility index (Phi) is 4.97. The van der Waals surface area contributed by atoms with Crippen molar-refractivity contribution in [1.29, 1.82) is 0 Å². The topological polar surface area (TPSA) is 58.1 Å². The van der Waals surface area contributed by atoms with Crippen molar-refractivity contribution in [3.05, 3.63) is 81.6 Å². The molecular formula is C20H16Cl2N4O. The minimum absolute atomic E-state index is 0.303. The van der Waals surface area contributed by atoms with Crippen LogP contribution in [0.3, 0.4) is 0 Å². The summed E-state index contributed by atoms with van der Waals surface area (Å²) in [6.45, 7) is 1.61. The fourth-order valence-corrected chi connectivity index (χ4v) is 3.41. The summed E-state index contributed by atoms with van der Waals surface area (Å²) in [4.78, 5) is 23.3. The van der Waals surface area contributed by atoms with E-state index >= 15 is 0 Å². The number of carbonyl (C=O) groups is 1. The SMILES string of the molecule is O=C(Nc1cccc(Cl)c1Cl)c1cnc(N2CCc3ccccc3C2)nc1. The van der Waals surface area contributed by atoms with Crippen LogP contribution in [0, 0.1) is 0 Å². The monoisotopic (exact) mass is 398 g/mol. The molecule has 1 aromatic heterocycles. The molecule has 2 heterocycles. The molecule has 1 aliphatic heterocycles.